The number of aromatic nitrogens is 1. The van der Waals surface area contributed by atoms with E-state index in [0.717, 1.165) is 18.2 Å². The third-order valence-corrected chi connectivity index (χ3v) is 5.42. The minimum absolute atomic E-state index is 0.116. The van der Waals surface area contributed by atoms with Crippen molar-refractivity contribution in [1.29, 1.82) is 0 Å². The highest BCUT2D eigenvalue weighted by molar-refractivity contribution is 6.08. The maximum Gasteiger partial charge on any atom is 0.338 e. The van der Waals surface area contributed by atoms with Crippen LogP contribution in [0.2, 0.25) is 0 Å². The summed E-state index contributed by atoms with van der Waals surface area (Å²) in [6, 6.07) is 16.4. The number of benzene rings is 2. The predicted octanol–water partition coefficient (Wildman–Crippen LogP) is 6.63. The third kappa shape index (κ3) is 5.59. The minimum Gasteiger partial charge on any atom is -0.462 e. The molecule has 0 amide bonds. The van der Waals surface area contributed by atoms with E-state index in [1.54, 1.807) is 35.0 Å². The van der Waals surface area contributed by atoms with Gasteiger partial charge in [-0.05, 0) is 36.8 Å². The Morgan fingerprint density at radius 2 is 1.50 bits per heavy atom. The molecule has 3 aromatic rings. The fourth-order valence-corrected chi connectivity index (χ4v) is 3.72. The van der Waals surface area contributed by atoms with Crippen molar-refractivity contribution in [2.45, 2.75) is 58.3 Å². The predicted molar refractivity (Wildman–Crippen MR) is 121 cm³/mol. The number of fused-ring (bicyclic) bond motifs is 1. The summed E-state index contributed by atoms with van der Waals surface area (Å²) in [5.41, 5.74) is 1.83. The molecule has 0 fully saturated rings. The van der Waals surface area contributed by atoms with E-state index in [2.05, 4.69) is 6.92 Å². The largest absolute Gasteiger partial charge is 0.462 e. The van der Waals surface area contributed by atoms with Gasteiger partial charge >= 0.3 is 5.97 Å². The molecule has 0 radical (unpaired) electrons. The van der Waals surface area contributed by atoms with Crippen LogP contribution in [0.25, 0.3) is 10.9 Å². The number of unbranched alkanes of at least 4 members (excludes halogenated alkanes) is 7. The highest BCUT2D eigenvalue weighted by Gasteiger charge is 2.16. The molecule has 0 aliphatic heterocycles. The molecular weight excluding hydrogens is 374 g/mol. The van der Waals surface area contributed by atoms with Gasteiger partial charge < -0.3 is 4.74 Å². The summed E-state index contributed by atoms with van der Waals surface area (Å²) in [5, 5.41) is 0.739. The summed E-state index contributed by atoms with van der Waals surface area (Å²) in [6.07, 6.45) is 11.4. The van der Waals surface area contributed by atoms with Crippen molar-refractivity contribution in [3.8, 4) is 0 Å². The minimum atomic E-state index is -0.326. The molecule has 158 valence electrons. The first kappa shape index (κ1) is 21.8. The Morgan fingerprint density at radius 1 is 0.800 bits per heavy atom. The molecule has 4 heteroatoms. The number of hydrogen-bond donors (Lipinski definition) is 0. The fourth-order valence-electron chi connectivity index (χ4n) is 3.72. The first-order valence-electron chi connectivity index (χ1n) is 11.1. The van der Waals surface area contributed by atoms with E-state index in [1.165, 1.54) is 38.5 Å². The van der Waals surface area contributed by atoms with Gasteiger partial charge in [-0.3, -0.25) is 9.36 Å². The van der Waals surface area contributed by atoms with Gasteiger partial charge in [0.2, 0.25) is 0 Å². The maximum atomic E-state index is 12.8. The van der Waals surface area contributed by atoms with Crippen LogP contribution in [0.1, 0.15) is 79.0 Å². The van der Waals surface area contributed by atoms with Crippen LogP contribution in [-0.2, 0) is 4.74 Å². The van der Waals surface area contributed by atoms with E-state index in [1.807, 2.05) is 30.3 Å². The highest BCUT2D eigenvalue weighted by atomic mass is 16.5. The second-order valence-corrected chi connectivity index (χ2v) is 7.71. The van der Waals surface area contributed by atoms with Crippen LogP contribution in [0.3, 0.4) is 0 Å². The van der Waals surface area contributed by atoms with Crippen molar-refractivity contribution in [3.05, 3.63) is 71.9 Å². The fraction of sp³-hybridized carbons (Fsp3) is 0.385. The summed E-state index contributed by atoms with van der Waals surface area (Å²) >= 11 is 0. The lowest BCUT2D eigenvalue weighted by atomic mass is 10.1. The van der Waals surface area contributed by atoms with Gasteiger partial charge in [0.25, 0.3) is 5.91 Å². The Balaban J connectivity index is 1.56. The van der Waals surface area contributed by atoms with Crippen LogP contribution < -0.4 is 0 Å². The van der Waals surface area contributed by atoms with Crippen molar-refractivity contribution in [2.24, 2.45) is 0 Å². The third-order valence-electron chi connectivity index (χ3n) is 5.42. The van der Waals surface area contributed by atoms with Gasteiger partial charge in [-0.2, -0.15) is 0 Å². The molecule has 0 unspecified atom stereocenters. The van der Waals surface area contributed by atoms with Gasteiger partial charge in [0.1, 0.15) is 0 Å². The molecule has 1 heterocycles. The van der Waals surface area contributed by atoms with E-state index < -0.39 is 0 Å². The van der Waals surface area contributed by atoms with E-state index >= 15 is 0 Å². The Morgan fingerprint density at radius 3 is 2.23 bits per heavy atom. The van der Waals surface area contributed by atoms with Crippen molar-refractivity contribution < 1.29 is 14.3 Å². The van der Waals surface area contributed by atoms with E-state index in [-0.39, 0.29) is 11.9 Å². The Labute approximate surface area is 178 Å². The lowest BCUT2D eigenvalue weighted by molar-refractivity contribution is 0.0500. The topological polar surface area (TPSA) is 48.3 Å². The van der Waals surface area contributed by atoms with Crippen molar-refractivity contribution >= 4 is 22.8 Å². The molecule has 0 bridgehead atoms. The molecule has 3 rings (SSSR count). The summed E-state index contributed by atoms with van der Waals surface area (Å²) in [5.74, 6) is -0.441. The quantitative estimate of drug-likeness (QED) is 0.266. The molecule has 0 saturated heterocycles. The number of hydrogen-bond acceptors (Lipinski definition) is 3. The maximum absolute atomic E-state index is 12.8. The van der Waals surface area contributed by atoms with Gasteiger partial charge in [0.15, 0.2) is 0 Å². The molecule has 0 aliphatic carbocycles. The number of esters is 1. The van der Waals surface area contributed by atoms with Gasteiger partial charge in [-0.1, -0.05) is 76.1 Å². The Kier molecular flexibility index (Phi) is 8.25. The highest BCUT2D eigenvalue weighted by Crippen LogP contribution is 2.22. The average molecular weight is 406 g/mol. The van der Waals surface area contributed by atoms with Crippen LogP contribution in [-0.4, -0.2) is 23.1 Å². The molecular formula is C26H31NO3. The molecule has 0 atom stereocenters. The SMILES string of the molecule is CCCCCCCCCCOC(=O)c1cccc2c1ccn2C(=O)c1ccccc1. The van der Waals surface area contributed by atoms with Crippen molar-refractivity contribution in [3.63, 3.8) is 0 Å². The summed E-state index contributed by atoms with van der Waals surface area (Å²) < 4.78 is 7.09. The number of nitrogens with zero attached hydrogens (tertiary/aromatic N) is 1. The second-order valence-electron chi connectivity index (χ2n) is 7.71. The van der Waals surface area contributed by atoms with Crippen LogP contribution in [0.15, 0.2) is 60.8 Å². The zero-order valence-electron chi connectivity index (χ0n) is 17.8. The lowest BCUT2D eigenvalue weighted by Crippen LogP contribution is -2.11. The number of rotatable bonds is 11. The molecule has 0 N–H and O–H groups in total. The molecule has 30 heavy (non-hydrogen) atoms. The molecule has 0 aliphatic rings. The van der Waals surface area contributed by atoms with E-state index in [9.17, 15) is 9.59 Å². The van der Waals surface area contributed by atoms with E-state index in [0.29, 0.717) is 23.3 Å². The summed E-state index contributed by atoms with van der Waals surface area (Å²) in [7, 11) is 0. The average Bonchev–Trinajstić information content (AvgIpc) is 3.22. The van der Waals surface area contributed by atoms with E-state index in [4.69, 9.17) is 4.74 Å². The molecule has 0 spiro atoms. The smallest absolute Gasteiger partial charge is 0.338 e. The van der Waals surface area contributed by atoms with Crippen molar-refractivity contribution in [2.75, 3.05) is 6.61 Å². The molecule has 2 aromatic carbocycles. The van der Waals surface area contributed by atoms with Gasteiger partial charge in [-0.25, -0.2) is 4.79 Å². The Bertz CT molecular complexity index is 959. The normalized spacial score (nSPS) is 11.0. The number of carbonyl (C=O) groups is 2. The summed E-state index contributed by atoms with van der Waals surface area (Å²) in [6.45, 7) is 2.67. The zero-order valence-corrected chi connectivity index (χ0v) is 17.8. The monoisotopic (exact) mass is 405 g/mol. The standard InChI is InChI=1S/C26H31NO3/c1-2-3-4-5-6-7-8-12-20-30-26(29)23-16-13-17-24-22(23)18-19-27(24)25(28)21-14-10-9-11-15-21/h9-11,13-19H,2-8,12,20H2,1H3. The number of ether oxygens (including phenoxy) is 1. The van der Waals surface area contributed by atoms with Crippen LogP contribution in [0, 0.1) is 0 Å². The van der Waals surface area contributed by atoms with Crippen LogP contribution >= 0.6 is 0 Å². The molecule has 0 saturated carbocycles. The molecule has 1 aromatic heterocycles. The first-order valence-corrected chi connectivity index (χ1v) is 11.1. The van der Waals surface area contributed by atoms with Crippen LogP contribution in [0.5, 0.6) is 0 Å². The zero-order chi connectivity index (χ0) is 21.2. The lowest BCUT2D eigenvalue weighted by Gasteiger charge is -2.08. The second kappa shape index (κ2) is 11.3. The molecule has 4 nitrogen and oxygen atoms in total. The summed E-state index contributed by atoms with van der Waals surface area (Å²) in [4.78, 5) is 25.4. The van der Waals surface area contributed by atoms with Gasteiger partial charge in [-0.15, -0.1) is 0 Å². The van der Waals surface area contributed by atoms with Crippen LogP contribution in [0.4, 0.5) is 0 Å². The Hall–Kier alpha value is -2.88. The number of carbonyl (C=O) groups excluding carboxylic acids is 2. The van der Waals surface area contributed by atoms with Crippen molar-refractivity contribution in [1.82, 2.24) is 4.57 Å². The van der Waals surface area contributed by atoms with Gasteiger partial charge in [0.05, 0.1) is 17.7 Å². The first-order chi connectivity index (χ1) is 14.7. The van der Waals surface area contributed by atoms with Gasteiger partial charge in [0, 0.05) is 17.1 Å².